The number of benzene rings is 1. The van der Waals surface area contributed by atoms with Crippen molar-refractivity contribution in [1.82, 2.24) is 9.21 Å². The van der Waals surface area contributed by atoms with E-state index in [0.29, 0.717) is 24.5 Å². The molecule has 106 valence electrons. The van der Waals surface area contributed by atoms with Gasteiger partial charge in [-0.15, -0.1) is 0 Å². The number of sulfonamides is 1. The lowest BCUT2D eigenvalue weighted by molar-refractivity contribution is 0.192. The van der Waals surface area contributed by atoms with Crippen LogP contribution in [0.1, 0.15) is 5.56 Å². The van der Waals surface area contributed by atoms with Crippen LogP contribution >= 0.6 is 0 Å². The van der Waals surface area contributed by atoms with Crippen molar-refractivity contribution in [1.29, 1.82) is 0 Å². The quantitative estimate of drug-likeness (QED) is 0.861. The SMILES string of the molecule is Cc1cccc(S(=O)(=O)N2CCN(CCN)CC2)c1. The van der Waals surface area contributed by atoms with E-state index in [0.717, 1.165) is 25.2 Å². The molecule has 0 saturated carbocycles. The first kappa shape index (κ1) is 14.5. The third-order valence-electron chi connectivity index (χ3n) is 3.40. The average Bonchev–Trinajstić information content (AvgIpc) is 2.40. The molecular weight excluding hydrogens is 262 g/mol. The predicted molar refractivity (Wildman–Crippen MR) is 75.4 cm³/mol. The minimum Gasteiger partial charge on any atom is -0.329 e. The molecule has 0 spiro atoms. The molecule has 1 aliphatic rings. The van der Waals surface area contributed by atoms with Crippen LogP contribution in [0.4, 0.5) is 0 Å². The Morgan fingerprint density at radius 3 is 2.47 bits per heavy atom. The van der Waals surface area contributed by atoms with Crippen molar-refractivity contribution in [2.45, 2.75) is 11.8 Å². The highest BCUT2D eigenvalue weighted by Crippen LogP contribution is 2.18. The van der Waals surface area contributed by atoms with Crippen LogP contribution in [0.2, 0.25) is 0 Å². The zero-order valence-corrected chi connectivity index (χ0v) is 12.1. The summed E-state index contributed by atoms with van der Waals surface area (Å²) in [5.41, 5.74) is 6.47. The van der Waals surface area contributed by atoms with Crippen molar-refractivity contribution in [2.75, 3.05) is 39.3 Å². The maximum Gasteiger partial charge on any atom is 0.243 e. The highest BCUT2D eigenvalue weighted by atomic mass is 32.2. The van der Waals surface area contributed by atoms with Crippen LogP contribution in [-0.4, -0.2) is 56.9 Å². The molecule has 0 bridgehead atoms. The van der Waals surface area contributed by atoms with E-state index in [9.17, 15) is 8.42 Å². The second-order valence-corrected chi connectivity index (χ2v) is 6.79. The Morgan fingerprint density at radius 1 is 1.21 bits per heavy atom. The zero-order chi connectivity index (χ0) is 13.9. The molecule has 19 heavy (non-hydrogen) atoms. The first-order valence-corrected chi connectivity index (χ1v) is 7.97. The van der Waals surface area contributed by atoms with Gasteiger partial charge in [0.25, 0.3) is 0 Å². The van der Waals surface area contributed by atoms with E-state index in [2.05, 4.69) is 4.90 Å². The number of piperazine rings is 1. The number of nitrogens with two attached hydrogens (primary N) is 1. The van der Waals surface area contributed by atoms with Crippen LogP contribution in [0.3, 0.4) is 0 Å². The standard InChI is InChI=1S/C13H21N3O2S/c1-12-3-2-4-13(11-12)19(17,18)16-9-7-15(6-5-14)8-10-16/h2-4,11H,5-10,14H2,1H3. The van der Waals surface area contributed by atoms with Gasteiger partial charge < -0.3 is 5.73 Å². The molecule has 0 amide bonds. The Morgan fingerprint density at radius 2 is 1.89 bits per heavy atom. The molecule has 0 radical (unpaired) electrons. The van der Waals surface area contributed by atoms with Gasteiger partial charge in [-0.2, -0.15) is 4.31 Å². The van der Waals surface area contributed by atoms with E-state index in [1.807, 2.05) is 13.0 Å². The lowest BCUT2D eigenvalue weighted by Gasteiger charge is -2.33. The van der Waals surface area contributed by atoms with E-state index < -0.39 is 10.0 Å². The summed E-state index contributed by atoms with van der Waals surface area (Å²) < 4.78 is 26.5. The fourth-order valence-corrected chi connectivity index (χ4v) is 3.83. The molecule has 2 N–H and O–H groups in total. The highest BCUT2D eigenvalue weighted by Gasteiger charge is 2.28. The molecule has 1 saturated heterocycles. The smallest absolute Gasteiger partial charge is 0.243 e. The molecule has 1 aromatic rings. The largest absolute Gasteiger partial charge is 0.329 e. The second-order valence-electron chi connectivity index (χ2n) is 4.85. The minimum atomic E-state index is -3.35. The predicted octanol–water partition coefficient (Wildman–Crippen LogP) is 0.260. The average molecular weight is 283 g/mol. The Balaban J connectivity index is 2.10. The van der Waals surface area contributed by atoms with Crippen LogP contribution in [0.25, 0.3) is 0 Å². The number of rotatable bonds is 4. The van der Waals surface area contributed by atoms with Crippen LogP contribution in [-0.2, 0) is 10.0 Å². The summed E-state index contributed by atoms with van der Waals surface area (Å²) >= 11 is 0. The third kappa shape index (κ3) is 3.33. The van der Waals surface area contributed by atoms with Gasteiger partial charge in [0.15, 0.2) is 0 Å². The van der Waals surface area contributed by atoms with Gasteiger partial charge >= 0.3 is 0 Å². The Kier molecular flexibility index (Phi) is 4.57. The van der Waals surface area contributed by atoms with E-state index in [-0.39, 0.29) is 0 Å². The lowest BCUT2D eigenvalue weighted by Crippen LogP contribution is -2.49. The van der Waals surface area contributed by atoms with E-state index in [1.54, 1.807) is 22.5 Å². The molecule has 1 heterocycles. The Hall–Kier alpha value is -0.950. The van der Waals surface area contributed by atoms with Crippen LogP contribution < -0.4 is 5.73 Å². The summed E-state index contributed by atoms with van der Waals surface area (Å²) in [6, 6.07) is 7.07. The third-order valence-corrected chi connectivity index (χ3v) is 5.30. The van der Waals surface area contributed by atoms with Crippen molar-refractivity contribution in [3.63, 3.8) is 0 Å². The first-order valence-electron chi connectivity index (χ1n) is 6.53. The fraction of sp³-hybridized carbons (Fsp3) is 0.538. The van der Waals surface area contributed by atoms with Crippen molar-refractivity contribution < 1.29 is 8.42 Å². The number of hydrogen-bond donors (Lipinski definition) is 1. The normalized spacial score (nSPS) is 18.6. The monoisotopic (exact) mass is 283 g/mol. The van der Waals surface area contributed by atoms with Crippen molar-refractivity contribution in [3.05, 3.63) is 29.8 Å². The minimum absolute atomic E-state index is 0.389. The van der Waals surface area contributed by atoms with E-state index in [4.69, 9.17) is 5.73 Å². The molecule has 0 aliphatic carbocycles. The first-order chi connectivity index (χ1) is 9.04. The molecule has 1 fully saturated rings. The summed E-state index contributed by atoms with van der Waals surface area (Å²) in [6.45, 7) is 5.93. The molecule has 1 aromatic carbocycles. The van der Waals surface area contributed by atoms with Crippen molar-refractivity contribution in [3.8, 4) is 0 Å². The summed E-state index contributed by atoms with van der Waals surface area (Å²) in [4.78, 5) is 2.59. The maximum atomic E-state index is 12.5. The zero-order valence-electron chi connectivity index (χ0n) is 11.2. The molecular formula is C13H21N3O2S. The van der Waals surface area contributed by atoms with Gasteiger partial charge in [0, 0.05) is 39.3 Å². The van der Waals surface area contributed by atoms with Gasteiger partial charge in [0.05, 0.1) is 4.90 Å². The second kappa shape index (κ2) is 6.00. The topological polar surface area (TPSA) is 66.6 Å². The lowest BCUT2D eigenvalue weighted by atomic mass is 10.2. The molecule has 6 heteroatoms. The van der Waals surface area contributed by atoms with Crippen LogP contribution in [0.15, 0.2) is 29.2 Å². The maximum absolute atomic E-state index is 12.5. The fourth-order valence-electron chi connectivity index (χ4n) is 2.30. The molecule has 5 nitrogen and oxygen atoms in total. The van der Waals surface area contributed by atoms with E-state index >= 15 is 0 Å². The molecule has 0 atom stereocenters. The summed E-state index contributed by atoms with van der Waals surface area (Å²) in [7, 11) is -3.35. The van der Waals surface area contributed by atoms with E-state index in [1.165, 1.54) is 0 Å². The summed E-state index contributed by atoms with van der Waals surface area (Å²) in [5, 5.41) is 0. The van der Waals surface area contributed by atoms with Gasteiger partial charge in [-0.25, -0.2) is 8.42 Å². The van der Waals surface area contributed by atoms with Gasteiger partial charge in [-0.05, 0) is 24.6 Å². The van der Waals surface area contributed by atoms with Crippen molar-refractivity contribution >= 4 is 10.0 Å². The Bertz CT molecular complexity index is 522. The van der Waals surface area contributed by atoms with Gasteiger partial charge in [0.1, 0.15) is 0 Å². The molecule has 2 rings (SSSR count). The Labute approximate surface area is 115 Å². The number of hydrogen-bond acceptors (Lipinski definition) is 4. The van der Waals surface area contributed by atoms with Crippen LogP contribution in [0.5, 0.6) is 0 Å². The van der Waals surface area contributed by atoms with Gasteiger partial charge in [0.2, 0.25) is 10.0 Å². The molecule has 0 aromatic heterocycles. The summed E-state index contributed by atoms with van der Waals surface area (Å²) in [5.74, 6) is 0. The summed E-state index contributed by atoms with van der Waals surface area (Å²) in [6.07, 6.45) is 0. The van der Waals surface area contributed by atoms with Crippen LogP contribution in [0, 0.1) is 6.92 Å². The number of nitrogens with zero attached hydrogens (tertiary/aromatic N) is 2. The number of aryl methyl sites for hydroxylation is 1. The van der Waals surface area contributed by atoms with Gasteiger partial charge in [-0.3, -0.25) is 4.90 Å². The van der Waals surface area contributed by atoms with Gasteiger partial charge in [-0.1, -0.05) is 12.1 Å². The highest BCUT2D eigenvalue weighted by molar-refractivity contribution is 7.89. The molecule has 1 aliphatic heterocycles. The van der Waals surface area contributed by atoms with Crippen molar-refractivity contribution in [2.24, 2.45) is 5.73 Å². The molecule has 0 unspecified atom stereocenters.